The monoisotopic (exact) mass is 267 g/mol. The summed E-state index contributed by atoms with van der Waals surface area (Å²) in [5.74, 6) is 0. The van der Waals surface area contributed by atoms with Crippen molar-refractivity contribution in [1.29, 1.82) is 0 Å². The van der Waals surface area contributed by atoms with Crippen molar-refractivity contribution in [2.24, 2.45) is 0 Å². The van der Waals surface area contributed by atoms with Gasteiger partial charge in [0.1, 0.15) is 0 Å². The molecule has 20 heavy (non-hydrogen) atoms. The van der Waals surface area contributed by atoms with Crippen LogP contribution in [0.2, 0.25) is 0 Å². The van der Waals surface area contributed by atoms with E-state index in [-0.39, 0.29) is 0 Å². The number of hydrogen-bond acceptors (Lipinski definition) is 2. The Morgan fingerprint density at radius 2 is 1.70 bits per heavy atom. The Labute approximate surface area is 120 Å². The largest absolute Gasteiger partial charge is 0.380 e. The molecule has 1 N–H and O–H groups in total. The molecule has 1 saturated heterocycles. The normalized spacial score (nSPS) is 18.9. The minimum atomic E-state index is 0.512. The van der Waals surface area contributed by atoms with Gasteiger partial charge >= 0.3 is 0 Å². The highest BCUT2D eigenvalue weighted by Crippen LogP contribution is 2.19. The molecule has 1 unspecified atom stereocenters. The molecule has 0 bridgehead atoms. The summed E-state index contributed by atoms with van der Waals surface area (Å²) in [6.07, 6.45) is 2.40. The smallest absolute Gasteiger partial charge is 0.0619 e. The molecule has 104 valence electrons. The Morgan fingerprint density at radius 1 is 0.950 bits per heavy atom. The van der Waals surface area contributed by atoms with Crippen LogP contribution in [0, 0.1) is 0 Å². The second-order valence-electron chi connectivity index (χ2n) is 5.36. The Morgan fingerprint density at radius 3 is 2.40 bits per heavy atom. The average Bonchev–Trinajstić information content (AvgIpc) is 2.55. The number of nitrogens with one attached hydrogen (secondary N) is 1. The van der Waals surface area contributed by atoms with Crippen molar-refractivity contribution in [3.05, 3.63) is 60.2 Å². The fourth-order valence-corrected chi connectivity index (χ4v) is 2.61. The van der Waals surface area contributed by atoms with E-state index < -0.39 is 0 Å². The van der Waals surface area contributed by atoms with Gasteiger partial charge in [-0.05, 0) is 29.5 Å². The Hall–Kier alpha value is -1.64. The first kappa shape index (κ1) is 13.3. The lowest BCUT2D eigenvalue weighted by molar-refractivity contribution is 0.0699. The number of hydrogen-bond donors (Lipinski definition) is 1. The molecular formula is C18H21NO. The minimum Gasteiger partial charge on any atom is -0.380 e. The second kappa shape index (κ2) is 6.69. The first-order valence-electron chi connectivity index (χ1n) is 7.37. The van der Waals surface area contributed by atoms with Crippen LogP contribution in [0.1, 0.15) is 18.4 Å². The van der Waals surface area contributed by atoms with E-state index in [4.69, 9.17) is 4.74 Å². The maximum Gasteiger partial charge on any atom is 0.0619 e. The Kier molecular flexibility index (Phi) is 4.46. The quantitative estimate of drug-likeness (QED) is 0.913. The van der Waals surface area contributed by atoms with E-state index in [1.807, 2.05) is 6.07 Å². The molecule has 1 aliphatic heterocycles. The predicted molar refractivity (Wildman–Crippen MR) is 82.6 cm³/mol. The van der Waals surface area contributed by atoms with Crippen LogP contribution in [0.25, 0.3) is 11.1 Å². The van der Waals surface area contributed by atoms with Gasteiger partial charge < -0.3 is 10.1 Å². The van der Waals surface area contributed by atoms with E-state index in [0.717, 1.165) is 19.8 Å². The first-order chi connectivity index (χ1) is 9.92. The van der Waals surface area contributed by atoms with Crippen molar-refractivity contribution in [2.45, 2.75) is 25.4 Å². The van der Waals surface area contributed by atoms with E-state index in [9.17, 15) is 0 Å². The van der Waals surface area contributed by atoms with Gasteiger partial charge in [-0.3, -0.25) is 0 Å². The van der Waals surface area contributed by atoms with E-state index >= 15 is 0 Å². The van der Waals surface area contributed by atoms with Gasteiger partial charge in [0.25, 0.3) is 0 Å². The summed E-state index contributed by atoms with van der Waals surface area (Å²) in [4.78, 5) is 0. The lowest BCUT2D eigenvalue weighted by atomic mass is 10.0. The molecule has 0 spiro atoms. The van der Waals surface area contributed by atoms with Crippen LogP contribution in [-0.4, -0.2) is 19.3 Å². The highest BCUT2D eigenvalue weighted by Gasteiger charge is 2.12. The van der Waals surface area contributed by atoms with Crippen molar-refractivity contribution in [1.82, 2.24) is 5.32 Å². The van der Waals surface area contributed by atoms with Crippen LogP contribution in [0.5, 0.6) is 0 Å². The average molecular weight is 267 g/mol. The Balaban J connectivity index is 1.58. The lowest BCUT2D eigenvalue weighted by Gasteiger charge is -2.23. The van der Waals surface area contributed by atoms with Crippen LogP contribution < -0.4 is 5.32 Å². The molecule has 1 fully saturated rings. The van der Waals surface area contributed by atoms with Gasteiger partial charge in [0.2, 0.25) is 0 Å². The van der Waals surface area contributed by atoms with Crippen LogP contribution >= 0.6 is 0 Å². The third-order valence-corrected chi connectivity index (χ3v) is 3.82. The molecule has 1 aliphatic rings. The summed E-state index contributed by atoms with van der Waals surface area (Å²) < 4.78 is 5.48. The summed E-state index contributed by atoms with van der Waals surface area (Å²) in [6, 6.07) is 19.8. The van der Waals surface area contributed by atoms with Gasteiger partial charge in [-0.25, -0.2) is 0 Å². The number of ether oxygens (including phenoxy) is 1. The SMILES string of the molecule is c1ccc(-c2ccc(CNC3CCCOC3)cc2)cc1. The summed E-state index contributed by atoms with van der Waals surface area (Å²) >= 11 is 0. The molecule has 1 heterocycles. The summed E-state index contributed by atoms with van der Waals surface area (Å²) in [5.41, 5.74) is 3.87. The van der Waals surface area contributed by atoms with Gasteiger partial charge in [0.05, 0.1) is 6.61 Å². The zero-order valence-corrected chi connectivity index (χ0v) is 11.7. The molecule has 0 aromatic heterocycles. The summed E-state index contributed by atoms with van der Waals surface area (Å²) in [5, 5.41) is 3.57. The molecule has 3 rings (SSSR count). The highest BCUT2D eigenvalue weighted by atomic mass is 16.5. The predicted octanol–water partition coefficient (Wildman–Crippen LogP) is 3.62. The van der Waals surface area contributed by atoms with E-state index in [1.165, 1.54) is 29.5 Å². The van der Waals surface area contributed by atoms with Gasteiger partial charge in [-0.1, -0.05) is 54.6 Å². The molecule has 0 radical (unpaired) electrons. The van der Waals surface area contributed by atoms with Gasteiger partial charge in [0, 0.05) is 19.2 Å². The van der Waals surface area contributed by atoms with Crippen LogP contribution in [-0.2, 0) is 11.3 Å². The van der Waals surface area contributed by atoms with E-state index in [2.05, 4.69) is 53.8 Å². The van der Waals surface area contributed by atoms with Crippen molar-refractivity contribution >= 4 is 0 Å². The van der Waals surface area contributed by atoms with Gasteiger partial charge in [-0.2, -0.15) is 0 Å². The molecular weight excluding hydrogens is 246 g/mol. The molecule has 2 aromatic carbocycles. The third-order valence-electron chi connectivity index (χ3n) is 3.82. The van der Waals surface area contributed by atoms with Crippen LogP contribution in [0.15, 0.2) is 54.6 Å². The third kappa shape index (κ3) is 3.47. The van der Waals surface area contributed by atoms with Crippen LogP contribution in [0.3, 0.4) is 0 Å². The van der Waals surface area contributed by atoms with Gasteiger partial charge in [-0.15, -0.1) is 0 Å². The zero-order valence-electron chi connectivity index (χ0n) is 11.7. The van der Waals surface area contributed by atoms with Crippen molar-refractivity contribution < 1.29 is 4.74 Å². The molecule has 2 heteroatoms. The molecule has 0 aliphatic carbocycles. The van der Waals surface area contributed by atoms with E-state index in [1.54, 1.807) is 0 Å². The zero-order chi connectivity index (χ0) is 13.6. The fourth-order valence-electron chi connectivity index (χ4n) is 2.61. The van der Waals surface area contributed by atoms with E-state index in [0.29, 0.717) is 6.04 Å². The fraction of sp³-hybridized carbons (Fsp3) is 0.333. The highest BCUT2D eigenvalue weighted by molar-refractivity contribution is 5.63. The molecule has 0 saturated carbocycles. The first-order valence-corrected chi connectivity index (χ1v) is 7.37. The second-order valence-corrected chi connectivity index (χ2v) is 5.36. The van der Waals surface area contributed by atoms with Crippen molar-refractivity contribution in [2.75, 3.05) is 13.2 Å². The summed E-state index contributed by atoms with van der Waals surface area (Å²) in [6.45, 7) is 2.69. The maximum atomic E-state index is 5.48. The Bertz CT molecular complexity index is 515. The van der Waals surface area contributed by atoms with Crippen molar-refractivity contribution in [3.8, 4) is 11.1 Å². The van der Waals surface area contributed by atoms with Crippen LogP contribution in [0.4, 0.5) is 0 Å². The summed E-state index contributed by atoms with van der Waals surface area (Å²) in [7, 11) is 0. The number of rotatable bonds is 4. The molecule has 2 nitrogen and oxygen atoms in total. The lowest BCUT2D eigenvalue weighted by Crippen LogP contribution is -2.36. The molecule has 2 aromatic rings. The molecule has 0 amide bonds. The van der Waals surface area contributed by atoms with Crippen molar-refractivity contribution in [3.63, 3.8) is 0 Å². The minimum absolute atomic E-state index is 0.512. The standard InChI is InChI=1S/C18H21NO/c1-2-5-16(6-3-1)17-10-8-15(9-11-17)13-19-18-7-4-12-20-14-18/h1-3,5-6,8-11,18-19H,4,7,12-14H2. The molecule has 1 atom stereocenters. The van der Waals surface area contributed by atoms with Gasteiger partial charge in [0.15, 0.2) is 0 Å². The maximum absolute atomic E-state index is 5.48. The topological polar surface area (TPSA) is 21.3 Å². The number of benzene rings is 2.